The van der Waals surface area contributed by atoms with E-state index >= 15 is 0 Å². The number of nitrogens with zero attached hydrogens (tertiary/aromatic N) is 1. The summed E-state index contributed by atoms with van der Waals surface area (Å²) in [7, 11) is 0. The molecule has 1 amide bonds. The Hall–Kier alpha value is -3.47. The van der Waals surface area contributed by atoms with Crippen molar-refractivity contribution in [1.29, 1.82) is 0 Å². The summed E-state index contributed by atoms with van der Waals surface area (Å²) in [6, 6.07) is 13.0. The molecule has 2 rings (SSSR count). The summed E-state index contributed by atoms with van der Waals surface area (Å²) in [4.78, 5) is 25.4. The van der Waals surface area contributed by atoms with Crippen LogP contribution in [-0.4, -0.2) is 40.7 Å². The van der Waals surface area contributed by atoms with Crippen molar-refractivity contribution < 1.29 is 32.6 Å². The van der Waals surface area contributed by atoms with Crippen LogP contribution < -0.4 is 4.74 Å². The van der Waals surface area contributed by atoms with E-state index in [2.05, 4.69) is 0 Å². The first-order valence-electron chi connectivity index (χ1n) is 11.0. The van der Waals surface area contributed by atoms with Gasteiger partial charge in [0.15, 0.2) is 0 Å². The molecule has 8 heteroatoms. The average Bonchev–Trinajstić information content (AvgIpc) is 2.78. The molecule has 5 nitrogen and oxygen atoms in total. The molecule has 0 bridgehead atoms. The van der Waals surface area contributed by atoms with E-state index in [0.717, 1.165) is 18.4 Å². The minimum atomic E-state index is -4.57. The maximum atomic E-state index is 13.1. The molecular weight excluding hydrogens is 447 g/mol. The summed E-state index contributed by atoms with van der Waals surface area (Å²) in [5.41, 5.74) is 1.35. The van der Waals surface area contributed by atoms with Gasteiger partial charge in [0.05, 0.1) is 6.61 Å². The van der Waals surface area contributed by atoms with Crippen LogP contribution in [-0.2, 0) is 11.3 Å². The number of para-hydroxylation sites is 1. The largest absolute Gasteiger partial charge is 0.493 e. The molecule has 34 heavy (non-hydrogen) atoms. The van der Waals surface area contributed by atoms with Gasteiger partial charge >= 0.3 is 12.1 Å². The fourth-order valence-corrected chi connectivity index (χ4v) is 3.19. The van der Waals surface area contributed by atoms with Crippen molar-refractivity contribution >= 4 is 11.9 Å². The summed E-state index contributed by atoms with van der Waals surface area (Å²) in [5, 5.41) is 8.70. The van der Waals surface area contributed by atoms with Crippen LogP contribution in [0.5, 0.6) is 5.75 Å². The minimum Gasteiger partial charge on any atom is -0.493 e. The molecule has 0 fully saturated rings. The number of unbranched alkanes of at least 4 members (excludes halogenated alkanes) is 2. The Kier molecular flexibility index (Phi) is 9.99. The minimum absolute atomic E-state index is 0.137. The van der Waals surface area contributed by atoms with Crippen molar-refractivity contribution in [3.63, 3.8) is 0 Å². The van der Waals surface area contributed by atoms with Gasteiger partial charge in [-0.1, -0.05) is 24.1 Å². The lowest BCUT2D eigenvalue weighted by Crippen LogP contribution is -2.36. The van der Waals surface area contributed by atoms with Crippen LogP contribution in [0.15, 0.2) is 48.5 Å². The standard InChI is InChI=1S/C26H28F3NO4/c1-19(2)30(25(33)21-13-11-20(12-14-21)15-16-26(27,28)29)18-22-8-5-6-9-23(22)34-17-7-3-4-10-24(31)32/h5-6,8-9,11-14,19H,3-4,7,10,17-18H2,1-2H3,(H,31,32). The van der Waals surface area contributed by atoms with Gasteiger partial charge in [0.1, 0.15) is 5.75 Å². The molecule has 182 valence electrons. The second-order valence-electron chi connectivity index (χ2n) is 8.01. The highest BCUT2D eigenvalue weighted by Gasteiger charge is 2.23. The Bertz CT molecular complexity index is 1020. The van der Waals surface area contributed by atoms with E-state index in [0.29, 0.717) is 30.9 Å². The highest BCUT2D eigenvalue weighted by molar-refractivity contribution is 5.94. The molecular formula is C26H28F3NO4. The molecule has 2 aromatic rings. The van der Waals surface area contributed by atoms with Crippen molar-refractivity contribution in [2.75, 3.05) is 6.61 Å². The number of hydrogen-bond acceptors (Lipinski definition) is 3. The third-order valence-electron chi connectivity index (χ3n) is 4.97. The Morgan fingerprint density at radius 3 is 2.32 bits per heavy atom. The maximum absolute atomic E-state index is 13.1. The van der Waals surface area contributed by atoms with Crippen molar-refractivity contribution in [3.8, 4) is 17.6 Å². The van der Waals surface area contributed by atoms with Crippen molar-refractivity contribution in [2.45, 2.75) is 58.3 Å². The molecule has 0 heterocycles. The van der Waals surface area contributed by atoms with Gasteiger partial charge in [0.25, 0.3) is 5.91 Å². The second kappa shape index (κ2) is 12.7. The van der Waals surface area contributed by atoms with Crippen molar-refractivity contribution in [3.05, 3.63) is 65.2 Å². The number of hydrogen-bond donors (Lipinski definition) is 1. The quantitative estimate of drug-likeness (QED) is 0.336. The van der Waals surface area contributed by atoms with Crippen LogP contribution in [0.4, 0.5) is 13.2 Å². The molecule has 0 radical (unpaired) electrons. The number of benzene rings is 2. The second-order valence-corrected chi connectivity index (χ2v) is 8.01. The molecule has 0 aliphatic carbocycles. The molecule has 0 saturated carbocycles. The molecule has 0 unspecified atom stereocenters. The van der Waals surface area contributed by atoms with Gasteiger partial charge in [-0.05, 0) is 63.4 Å². The van der Waals surface area contributed by atoms with Crippen molar-refractivity contribution in [2.24, 2.45) is 0 Å². The first-order valence-corrected chi connectivity index (χ1v) is 11.0. The van der Waals surface area contributed by atoms with Gasteiger partial charge in [0, 0.05) is 41.6 Å². The number of aliphatic carboxylic acids is 1. The number of carbonyl (C=O) groups is 2. The van der Waals surface area contributed by atoms with Gasteiger partial charge in [-0.3, -0.25) is 9.59 Å². The average molecular weight is 476 g/mol. The highest BCUT2D eigenvalue weighted by Crippen LogP contribution is 2.23. The monoisotopic (exact) mass is 475 g/mol. The van der Waals surface area contributed by atoms with E-state index in [1.165, 1.54) is 30.2 Å². The number of alkyl halides is 3. The lowest BCUT2D eigenvalue weighted by molar-refractivity contribution is -0.137. The van der Waals surface area contributed by atoms with E-state index in [4.69, 9.17) is 9.84 Å². The summed E-state index contributed by atoms with van der Waals surface area (Å²) < 4.78 is 42.7. The summed E-state index contributed by atoms with van der Waals surface area (Å²) >= 11 is 0. The summed E-state index contributed by atoms with van der Waals surface area (Å²) in [5.74, 6) is 2.84. The van der Waals surface area contributed by atoms with E-state index in [1.807, 2.05) is 44.0 Å². The van der Waals surface area contributed by atoms with Gasteiger partial charge in [-0.25, -0.2) is 0 Å². The lowest BCUT2D eigenvalue weighted by atomic mass is 10.1. The molecule has 0 aliphatic heterocycles. The van der Waals surface area contributed by atoms with Crippen LogP contribution in [0, 0.1) is 11.8 Å². The summed E-state index contributed by atoms with van der Waals surface area (Å²) in [6.45, 7) is 4.49. The van der Waals surface area contributed by atoms with Gasteiger partial charge in [-0.2, -0.15) is 13.2 Å². The number of carboxylic acids is 1. The SMILES string of the molecule is CC(C)N(Cc1ccccc1OCCCCCC(=O)O)C(=O)c1ccc(C#CC(F)(F)F)cc1. The maximum Gasteiger partial charge on any atom is 0.458 e. The lowest BCUT2D eigenvalue weighted by Gasteiger charge is -2.28. The fraction of sp³-hybridized carbons (Fsp3) is 0.385. The molecule has 0 saturated heterocycles. The Morgan fingerprint density at radius 1 is 1.03 bits per heavy atom. The van der Waals surface area contributed by atoms with Gasteiger partial charge in [-0.15, -0.1) is 0 Å². The highest BCUT2D eigenvalue weighted by atomic mass is 19.4. The van der Waals surface area contributed by atoms with Crippen LogP contribution in [0.1, 0.15) is 61.0 Å². The predicted molar refractivity (Wildman–Crippen MR) is 122 cm³/mol. The van der Waals surface area contributed by atoms with E-state index in [9.17, 15) is 22.8 Å². The Balaban J connectivity index is 2.06. The zero-order chi connectivity index (χ0) is 25.1. The van der Waals surface area contributed by atoms with E-state index < -0.39 is 12.1 Å². The number of carboxylic acid groups (broad SMARTS) is 1. The fourth-order valence-electron chi connectivity index (χ4n) is 3.19. The van der Waals surface area contributed by atoms with Crippen LogP contribution in [0.3, 0.4) is 0 Å². The number of carbonyl (C=O) groups excluding carboxylic acids is 1. The first kappa shape index (κ1) is 26.8. The predicted octanol–water partition coefficient (Wildman–Crippen LogP) is 5.68. The molecule has 0 spiro atoms. The van der Waals surface area contributed by atoms with Crippen LogP contribution in [0.2, 0.25) is 0 Å². The van der Waals surface area contributed by atoms with Crippen LogP contribution >= 0.6 is 0 Å². The number of amides is 1. The van der Waals surface area contributed by atoms with Crippen LogP contribution in [0.25, 0.3) is 0 Å². The topological polar surface area (TPSA) is 66.8 Å². The summed E-state index contributed by atoms with van der Waals surface area (Å²) in [6.07, 6.45) is -2.38. The number of halogens is 3. The third kappa shape index (κ3) is 9.18. The van der Waals surface area contributed by atoms with E-state index in [-0.39, 0.29) is 23.9 Å². The number of rotatable bonds is 11. The zero-order valence-corrected chi connectivity index (χ0v) is 19.2. The first-order chi connectivity index (χ1) is 16.1. The molecule has 2 aromatic carbocycles. The smallest absolute Gasteiger partial charge is 0.458 e. The molecule has 0 aromatic heterocycles. The molecule has 0 aliphatic rings. The number of ether oxygens (including phenoxy) is 1. The molecule has 0 atom stereocenters. The third-order valence-corrected chi connectivity index (χ3v) is 4.97. The molecule has 1 N–H and O–H groups in total. The zero-order valence-electron chi connectivity index (χ0n) is 19.2. The van der Waals surface area contributed by atoms with Crippen molar-refractivity contribution in [1.82, 2.24) is 4.90 Å². The normalized spacial score (nSPS) is 11.0. The Labute approximate surface area is 197 Å². The van der Waals surface area contributed by atoms with Gasteiger partial charge in [0.2, 0.25) is 0 Å². The van der Waals surface area contributed by atoms with E-state index in [1.54, 1.807) is 4.90 Å². The Morgan fingerprint density at radius 2 is 1.71 bits per heavy atom. The van der Waals surface area contributed by atoms with Gasteiger partial charge < -0.3 is 14.7 Å².